The topological polar surface area (TPSA) is 105 Å². The van der Waals surface area contributed by atoms with E-state index < -0.39 is 23.9 Å². The van der Waals surface area contributed by atoms with E-state index in [1.807, 2.05) is 0 Å². The lowest BCUT2D eigenvalue weighted by atomic mass is 10.3. The van der Waals surface area contributed by atoms with Gasteiger partial charge in [0.05, 0.1) is 24.4 Å². The quantitative estimate of drug-likeness (QED) is 0.205. The molecule has 0 aliphatic carbocycles. The summed E-state index contributed by atoms with van der Waals surface area (Å²) in [6.45, 7) is 17.0. The highest BCUT2D eigenvalue weighted by Gasteiger charge is 2.20. The minimum Gasteiger partial charge on any atom is -0.463 e. The molecule has 0 aliphatic heterocycles. The summed E-state index contributed by atoms with van der Waals surface area (Å²) < 4.78 is 19.1. The van der Waals surface area contributed by atoms with E-state index in [0.717, 1.165) is 0 Å². The Kier molecular flexibility index (Phi) is 13.7. The molecule has 0 radical (unpaired) electrons. The van der Waals surface area contributed by atoms with E-state index in [9.17, 15) is 19.2 Å². The summed E-state index contributed by atoms with van der Waals surface area (Å²) in [5.74, 6) is -2.54. The van der Waals surface area contributed by atoms with Crippen LogP contribution < -0.4 is 0 Å². The summed E-state index contributed by atoms with van der Waals surface area (Å²) in [4.78, 5) is 44.2. The molecule has 0 aliphatic rings. The predicted octanol–water partition coefficient (Wildman–Crippen LogP) is 2.73. The fourth-order valence-corrected chi connectivity index (χ4v) is 1.38. The van der Waals surface area contributed by atoms with Gasteiger partial charge in [-0.15, -0.1) is 0 Å². The average Bonchev–Trinajstić information content (AvgIpc) is 2.43. The summed E-state index contributed by atoms with van der Waals surface area (Å²) in [5.41, 5.74) is -0.271. The SMILES string of the molecule is C=C(C(=O)OC(C)C)C(=O)OC(C)C.CC(C)OC(=O)CC(=O)OC(C)C. The van der Waals surface area contributed by atoms with E-state index in [1.54, 1.807) is 55.4 Å². The second-order valence-corrected chi connectivity index (χ2v) is 6.64. The van der Waals surface area contributed by atoms with E-state index in [1.165, 1.54) is 0 Å². The van der Waals surface area contributed by atoms with Crippen molar-refractivity contribution in [1.29, 1.82) is 0 Å². The van der Waals surface area contributed by atoms with Gasteiger partial charge < -0.3 is 18.9 Å². The van der Waals surface area contributed by atoms with Crippen LogP contribution in [0.4, 0.5) is 0 Å². The third-order valence-electron chi connectivity index (χ3n) is 2.20. The van der Waals surface area contributed by atoms with Crippen LogP contribution in [0.5, 0.6) is 0 Å². The highest BCUT2D eigenvalue weighted by atomic mass is 16.6. The smallest absolute Gasteiger partial charge is 0.345 e. The van der Waals surface area contributed by atoms with Crippen LogP contribution in [-0.2, 0) is 38.1 Å². The maximum atomic E-state index is 11.2. The lowest BCUT2D eigenvalue weighted by molar-refractivity contribution is -0.159. The van der Waals surface area contributed by atoms with Gasteiger partial charge in [0.15, 0.2) is 0 Å². The van der Waals surface area contributed by atoms with Gasteiger partial charge in [-0.25, -0.2) is 9.59 Å². The van der Waals surface area contributed by atoms with Gasteiger partial charge in [-0.05, 0) is 55.4 Å². The zero-order valence-corrected chi connectivity index (χ0v) is 17.5. The highest BCUT2D eigenvalue weighted by molar-refractivity contribution is 6.13. The Hall–Kier alpha value is -2.38. The van der Waals surface area contributed by atoms with E-state index in [4.69, 9.17) is 18.9 Å². The number of ether oxygens (including phenoxy) is 4. The summed E-state index contributed by atoms with van der Waals surface area (Å²) in [5, 5.41) is 0. The van der Waals surface area contributed by atoms with Crippen molar-refractivity contribution < 1.29 is 38.1 Å². The van der Waals surface area contributed by atoms with E-state index in [2.05, 4.69) is 6.58 Å². The minimum atomic E-state index is -0.731. The molecule has 0 saturated carbocycles. The van der Waals surface area contributed by atoms with Gasteiger partial charge in [0, 0.05) is 0 Å². The van der Waals surface area contributed by atoms with Crippen LogP contribution >= 0.6 is 0 Å². The van der Waals surface area contributed by atoms with Crippen molar-refractivity contribution in [1.82, 2.24) is 0 Å². The molecule has 0 saturated heterocycles. The fraction of sp³-hybridized carbons (Fsp3) is 0.684. The average molecular weight is 388 g/mol. The zero-order valence-electron chi connectivity index (χ0n) is 17.5. The largest absolute Gasteiger partial charge is 0.463 e. The molecule has 0 aromatic heterocycles. The van der Waals surface area contributed by atoms with Crippen molar-refractivity contribution in [3.05, 3.63) is 12.2 Å². The first-order valence-corrected chi connectivity index (χ1v) is 8.76. The molecule has 0 fully saturated rings. The van der Waals surface area contributed by atoms with E-state index in [-0.39, 0.29) is 36.4 Å². The molecule has 0 spiro atoms. The number of hydrogen-bond donors (Lipinski definition) is 0. The van der Waals surface area contributed by atoms with Gasteiger partial charge in [0.2, 0.25) is 0 Å². The van der Waals surface area contributed by atoms with E-state index in [0.29, 0.717) is 0 Å². The molecule has 0 bridgehead atoms. The monoisotopic (exact) mass is 388 g/mol. The van der Waals surface area contributed by atoms with Gasteiger partial charge >= 0.3 is 23.9 Å². The summed E-state index contributed by atoms with van der Waals surface area (Å²) in [6.07, 6.45) is -1.24. The molecular formula is C19H32O8. The molecule has 27 heavy (non-hydrogen) atoms. The van der Waals surface area contributed by atoms with Gasteiger partial charge in [0.25, 0.3) is 0 Å². The predicted molar refractivity (Wildman–Crippen MR) is 98.7 cm³/mol. The number of carbonyl (C=O) groups excluding carboxylic acids is 4. The standard InChI is InChI=1S/C10H16O4.C9H16O4/c1-6(2)13-9(11)8(5)10(12)14-7(3)4;1-6(2)12-8(10)5-9(11)13-7(3)4/h6-7H,5H2,1-4H3;6-7H,5H2,1-4H3. The summed E-state index contributed by atoms with van der Waals surface area (Å²) in [6, 6.07) is 0. The molecule has 0 rings (SSSR count). The van der Waals surface area contributed by atoms with Gasteiger partial charge in [0.1, 0.15) is 12.0 Å². The minimum absolute atomic E-state index is 0.195. The van der Waals surface area contributed by atoms with Crippen molar-refractivity contribution in [2.24, 2.45) is 0 Å². The fourth-order valence-electron chi connectivity index (χ4n) is 1.38. The first kappa shape index (κ1) is 26.8. The number of carbonyl (C=O) groups is 4. The van der Waals surface area contributed by atoms with Crippen LogP contribution in [0, 0.1) is 0 Å². The van der Waals surface area contributed by atoms with Crippen molar-refractivity contribution in [3.8, 4) is 0 Å². The molecule has 0 N–H and O–H groups in total. The number of esters is 4. The number of rotatable bonds is 8. The number of hydrogen-bond acceptors (Lipinski definition) is 8. The molecule has 8 nitrogen and oxygen atoms in total. The van der Waals surface area contributed by atoms with Crippen LogP contribution in [0.3, 0.4) is 0 Å². The summed E-state index contributed by atoms with van der Waals surface area (Å²) >= 11 is 0. The second kappa shape index (κ2) is 13.8. The molecule has 0 atom stereocenters. The zero-order chi connectivity index (χ0) is 21.7. The molecule has 0 aromatic carbocycles. The highest BCUT2D eigenvalue weighted by Crippen LogP contribution is 2.03. The first-order valence-electron chi connectivity index (χ1n) is 8.76. The van der Waals surface area contributed by atoms with Crippen LogP contribution in [0.1, 0.15) is 61.8 Å². The molecule has 0 heterocycles. The van der Waals surface area contributed by atoms with Crippen molar-refractivity contribution >= 4 is 23.9 Å². The van der Waals surface area contributed by atoms with Crippen molar-refractivity contribution in [2.45, 2.75) is 86.2 Å². The van der Waals surface area contributed by atoms with Crippen molar-refractivity contribution in [2.75, 3.05) is 0 Å². The van der Waals surface area contributed by atoms with E-state index >= 15 is 0 Å². The Morgan fingerprint density at radius 3 is 1.07 bits per heavy atom. The Labute approximate surface area is 161 Å². The van der Waals surface area contributed by atoms with Gasteiger partial charge in [-0.2, -0.15) is 0 Å². The van der Waals surface area contributed by atoms with Gasteiger partial charge in [-0.3, -0.25) is 9.59 Å². The molecule has 156 valence electrons. The first-order chi connectivity index (χ1) is 12.3. The van der Waals surface area contributed by atoms with Crippen molar-refractivity contribution in [3.63, 3.8) is 0 Å². The molecular weight excluding hydrogens is 356 g/mol. The van der Waals surface area contributed by atoms with Crippen LogP contribution in [0.15, 0.2) is 12.2 Å². The maximum Gasteiger partial charge on any atom is 0.345 e. The van der Waals surface area contributed by atoms with Crippen LogP contribution in [0.25, 0.3) is 0 Å². The molecule has 0 amide bonds. The van der Waals surface area contributed by atoms with Gasteiger partial charge in [-0.1, -0.05) is 6.58 Å². The lowest BCUT2D eigenvalue weighted by Gasteiger charge is -2.11. The normalized spacial score (nSPS) is 10.2. The Morgan fingerprint density at radius 2 is 0.852 bits per heavy atom. The molecule has 8 heteroatoms. The van der Waals surface area contributed by atoms with Crippen LogP contribution in [0.2, 0.25) is 0 Å². The summed E-state index contributed by atoms with van der Waals surface area (Å²) in [7, 11) is 0. The third kappa shape index (κ3) is 16.8. The molecule has 0 unspecified atom stereocenters. The Balaban J connectivity index is 0. The third-order valence-corrected chi connectivity index (χ3v) is 2.20. The second-order valence-electron chi connectivity index (χ2n) is 6.64. The molecule has 0 aromatic rings. The lowest BCUT2D eigenvalue weighted by Crippen LogP contribution is -2.22. The van der Waals surface area contributed by atoms with Crippen LogP contribution in [-0.4, -0.2) is 48.3 Å². The maximum absolute atomic E-state index is 11.2. The Bertz CT molecular complexity index is 474. The Morgan fingerprint density at radius 1 is 0.593 bits per heavy atom.